The van der Waals surface area contributed by atoms with Crippen LogP contribution in [0.5, 0.6) is 0 Å². The first-order valence-electron chi connectivity index (χ1n) is 18.6. The molecule has 62 heavy (non-hydrogen) atoms. The van der Waals surface area contributed by atoms with Crippen molar-refractivity contribution < 1.29 is 0 Å². The molecule has 0 unspecified atom stereocenters. The van der Waals surface area contributed by atoms with Crippen molar-refractivity contribution in [2.24, 2.45) is 0 Å². The topological polar surface area (TPSA) is 85.9 Å². The maximum absolute atomic E-state index is 13.7. The van der Waals surface area contributed by atoms with Gasteiger partial charge >= 0.3 is 0 Å². The number of aromatic nitrogens is 4. The number of thiophene rings is 6. The zero-order valence-corrected chi connectivity index (χ0v) is 41.6. The van der Waals surface area contributed by atoms with Crippen molar-refractivity contribution in [2.45, 2.75) is 0 Å². The fourth-order valence-electron chi connectivity index (χ4n) is 9.91. The molecule has 0 saturated heterocycles. The first-order chi connectivity index (χ1) is 30.0. The Balaban J connectivity index is 0.000000116. The Morgan fingerprint density at radius 2 is 0.758 bits per heavy atom. The molecule has 296 valence electrons. The molecule has 18 heteroatoms. The third-order valence-corrected chi connectivity index (χ3v) is 21.5. The summed E-state index contributed by atoms with van der Waals surface area (Å²) in [6.07, 6.45) is 0. The van der Waals surface area contributed by atoms with Gasteiger partial charge in [0.2, 0.25) is 0 Å². The highest BCUT2D eigenvalue weighted by Crippen LogP contribution is 2.47. The summed E-state index contributed by atoms with van der Waals surface area (Å²) in [5, 5.41) is 11.1. The van der Waals surface area contributed by atoms with Crippen LogP contribution in [0.25, 0.3) is 125 Å². The summed E-state index contributed by atoms with van der Waals surface area (Å²) in [7, 11) is 0. The molecule has 0 spiro atoms. The normalized spacial score (nSPS) is 13.1. The first-order valence-corrected chi connectivity index (χ1v) is 26.8. The van der Waals surface area contributed by atoms with Crippen LogP contribution in [0, 0.1) is 0 Å². The minimum absolute atomic E-state index is 0.0155. The zero-order valence-electron chi connectivity index (χ0n) is 30.3. The van der Waals surface area contributed by atoms with Gasteiger partial charge in [0.15, 0.2) is 0 Å². The summed E-state index contributed by atoms with van der Waals surface area (Å²) < 4.78 is 18.8. The third-order valence-electron chi connectivity index (χ3n) is 12.3. The Morgan fingerprint density at radius 1 is 0.371 bits per heavy atom. The lowest BCUT2D eigenvalue weighted by atomic mass is 10.0. The van der Waals surface area contributed by atoms with E-state index >= 15 is 0 Å². The maximum Gasteiger partial charge on any atom is 0.273 e. The molecule has 0 saturated carbocycles. The lowest BCUT2D eigenvalue weighted by Crippen LogP contribution is -2.13. The summed E-state index contributed by atoms with van der Waals surface area (Å²) in [5.41, 5.74) is 7.10. The van der Waals surface area contributed by atoms with Crippen molar-refractivity contribution in [2.75, 3.05) is 0 Å². The summed E-state index contributed by atoms with van der Waals surface area (Å²) in [6, 6.07) is 20.2. The third kappa shape index (κ3) is 4.22. The van der Waals surface area contributed by atoms with Crippen molar-refractivity contribution in [3.05, 3.63) is 129 Å². The SMILES string of the molecule is O=c1c2sc3c4c(ccc(c24)c2cc4sc(Br)cc4n12)c(=O)n1c2cc(Br)sc2cc31.O=c1c2sc3c4c(ccc(c24)c2cc4scc(Br)c4n12)c(=O)n1c3cc2scc(Br)c21. The smallest absolute Gasteiger partial charge is 0.273 e. The second kappa shape index (κ2) is 12.0. The molecule has 0 N–H and O–H groups in total. The highest BCUT2D eigenvalue weighted by Gasteiger charge is 2.27. The van der Waals surface area contributed by atoms with Crippen LogP contribution < -0.4 is 22.2 Å². The molecule has 14 aromatic heterocycles. The fraction of sp³-hybridized carbons (Fsp3) is 0. The highest BCUT2D eigenvalue weighted by atomic mass is 79.9. The van der Waals surface area contributed by atoms with Gasteiger partial charge in [-0.15, -0.1) is 68.0 Å². The minimum atomic E-state index is -0.0374. The molecular weight excluding hydrogens is 1160 g/mol. The van der Waals surface area contributed by atoms with Gasteiger partial charge in [0.05, 0.1) is 88.9 Å². The van der Waals surface area contributed by atoms with Crippen molar-refractivity contribution in [3.8, 4) is 0 Å². The Hall–Kier alpha value is -4.08. The Labute approximate surface area is 399 Å². The number of hydrogen-bond acceptors (Lipinski definition) is 10. The van der Waals surface area contributed by atoms with Crippen LogP contribution >= 0.6 is 132 Å². The van der Waals surface area contributed by atoms with E-state index in [0.29, 0.717) is 20.2 Å². The molecule has 0 fully saturated rings. The molecule has 0 aliphatic rings. The highest BCUT2D eigenvalue weighted by molar-refractivity contribution is 9.11. The van der Waals surface area contributed by atoms with Gasteiger partial charge in [-0.3, -0.25) is 36.8 Å². The molecule has 0 aliphatic carbocycles. The zero-order chi connectivity index (χ0) is 41.5. The van der Waals surface area contributed by atoms with Crippen molar-refractivity contribution in [1.82, 2.24) is 17.6 Å². The van der Waals surface area contributed by atoms with Gasteiger partial charge in [-0.2, -0.15) is 0 Å². The van der Waals surface area contributed by atoms with Crippen molar-refractivity contribution >= 4 is 257 Å². The number of halogens is 4. The average molecular weight is 1170 g/mol. The van der Waals surface area contributed by atoms with Crippen molar-refractivity contribution in [3.63, 3.8) is 0 Å². The molecule has 0 atom stereocenters. The van der Waals surface area contributed by atoms with E-state index in [1.165, 1.54) is 22.7 Å². The summed E-state index contributed by atoms with van der Waals surface area (Å²) in [4.78, 5) is 54.5. The van der Waals surface area contributed by atoms with E-state index in [-0.39, 0.29) is 22.2 Å². The number of benzene rings is 2. The summed E-state index contributed by atoms with van der Waals surface area (Å²) in [6.45, 7) is 0. The predicted octanol–water partition coefficient (Wildman–Crippen LogP) is 14.5. The Kier molecular flexibility index (Phi) is 7.01. The van der Waals surface area contributed by atoms with E-state index in [2.05, 4.69) is 88.0 Å². The fourth-order valence-corrected chi connectivity index (χ4v) is 18.8. The van der Waals surface area contributed by atoms with Gasteiger partial charge in [0, 0.05) is 53.8 Å². The lowest BCUT2D eigenvalue weighted by Gasteiger charge is -2.06. The van der Waals surface area contributed by atoms with Crippen LogP contribution in [0.2, 0.25) is 0 Å². The van der Waals surface area contributed by atoms with E-state index in [0.717, 1.165) is 121 Å². The molecule has 16 rings (SSSR count). The molecule has 14 heterocycles. The molecule has 0 amide bonds. The van der Waals surface area contributed by atoms with Gasteiger partial charge in [-0.25, -0.2) is 0 Å². The van der Waals surface area contributed by atoms with Gasteiger partial charge < -0.3 is 0 Å². The monoisotopic (exact) mass is 1170 g/mol. The van der Waals surface area contributed by atoms with Crippen LogP contribution in [0.15, 0.2) is 107 Å². The molecule has 2 aromatic carbocycles. The van der Waals surface area contributed by atoms with E-state index < -0.39 is 0 Å². The summed E-state index contributed by atoms with van der Waals surface area (Å²) >= 11 is 23.8. The molecule has 16 aromatic rings. The van der Waals surface area contributed by atoms with Crippen LogP contribution in [0.3, 0.4) is 0 Å². The van der Waals surface area contributed by atoms with Gasteiger partial charge in [0.25, 0.3) is 22.2 Å². The largest absolute Gasteiger partial charge is 0.274 e. The van der Waals surface area contributed by atoms with Gasteiger partial charge in [-0.05, 0) is 112 Å². The van der Waals surface area contributed by atoms with E-state index in [1.807, 2.05) is 56.0 Å². The average Bonchev–Trinajstić information content (AvgIpc) is 4.10. The van der Waals surface area contributed by atoms with E-state index in [1.54, 1.807) is 54.1 Å². The van der Waals surface area contributed by atoms with Crippen LogP contribution in [0.4, 0.5) is 0 Å². The standard InChI is InChI=1S/2C22H6Br2N2O2S3/c23-9-5-29-13-3-11-7-1-2-8-16-15(7)20(22(28)25(11)17(9)13)31-19(16)12-4-14-18(10(24)6-30-14)26(12)21(8)27;23-15-5-10-13(29-15)3-9-7-1-2-8-18-17(7)20(22(28)25(9)10)31-19(18)12-4-14-11(6-16(24)30-14)26(12)21(8)27/h2*1-6H. The molecule has 0 bridgehead atoms. The van der Waals surface area contributed by atoms with E-state index in [9.17, 15) is 19.2 Å². The lowest BCUT2D eigenvalue weighted by molar-refractivity contribution is 1.20. The summed E-state index contributed by atoms with van der Waals surface area (Å²) in [5.74, 6) is 0. The maximum atomic E-state index is 13.7. The number of rotatable bonds is 0. The second-order valence-electron chi connectivity index (χ2n) is 15.2. The Bertz CT molecular complexity index is 4980. The van der Waals surface area contributed by atoms with Gasteiger partial charge in [0.1, 0.15) is 9.40 Å². The molecule has 0 radical (unpaired) electrons. The number of fused-ring (bicyclic) bond motifs is 16. The van der Waals surface area contributed by atoms with Crippen LogP contribution in [-0.2, 0) is 0 Å². The van der Waals surface area contributed by atoms with Crippen molar-refractivity contribution in [1.29, 1.82) is 0 Å². The minimum Gasteiger partial charge on any atom is -0.274 e. The predicted molar refractivity (Wildman–Crippen MR) is 280 cm³/mol. The Morgan fingerprint density at radius 3 is 1.32 bits per heavy atom. The van der Waals surface area contributed by atoms with Crippen LogP contribution in [-0.4, -0.2) is 17.6 Å². The molecule has 8 nitrogen and oxygen atoms in total. The number of pyridine rings is 4. The quantitative estimate of drug-likeness (QED) is 0.142. The molecule has 0 aliphatic heterocycles. The number of nitrogens with zero attached hydrogens (tertiary/aromatic N) is 4. The van der Waals surface area contributed by atoms with E-state index in [4.69, 9.17) is 0 Å². The molecular formula is C44H12Br4N4O4S6. The van der Waals surface area contributed by atoms with Crippen LogP contribution in [0.1, 0.15) is 0 Å². The van der Waals surface area contributed by atoms with Gasteiger partial charge in [-0.1, -0.05) is 12.1 Å². The first kappa shape index (κ1) is 36.3. The second-order valence-corrected chi connectivity index (χ2v) is 25.7. The number of hydrogen-bond donors (Lipinski definition) is 0.